The summed E-state index contributed by atoms with van der Waals surface area (Å²) in [5.74, 6) is -0.323. The van der Waals surface area contributed by atoms with E-state index in [9.17, 15) is 9.59 Å². The first kappa shape index (κ1) is 16.5. The number of benzene rings is 1. The summed E-state index contributed by atoms with van der Waals surface area (Å²) in [5, 5.41) is 3.09. The zero-order valence-electron chi connectivity index (χ0n) is 11.5. The summed E-state index contributed by atoms with van der Waals surface area (Å²) < 4.78 is 0. The Morgan fingerprint density at radius 3 is 2.60 bits per heavy atom. The van der Waals surface area contributed by atoms with E-state index in [1.54, 1.807) is 4.90 Å². The minimum Gasteiger partial charge on any atom is -0.370 e. The van der Waals surface area contributed by atoms with Gasteiger partial charge in [-0.05, 0) is 24.6 Å². The predicted octanol–water partition coefficient (Wildman–Crippen LogP) is 0.845. The van der Waals surface area contributed by atoms with E-state index in [1.165, 1.54) is 0 Å². The molecule has 2 amide bonds. The van der Waals surface area contributed by atoms with E-state index in [-0.39, 0.29) is 30.7 Å². The van der Waals surface area contributed by atoms with E-state index in [0.717, 1.165) is 11.3 Å². The van der Waals surface area contributed by atoms with Gasteiger partial charge in [-0.2, -0.15) is 0 Å². The Labute approximate surface area is 124 Å². The number of nitrogens with one attached hydrogen (secondary N) is 1. The third kappa shape index (κ3) is 3.95. The van der Waals surface area contributed by atoms with Gasteiger partial charge in [-0.15, -0.1) is 12.4 Å². The van der Waals surface area contributed by atoms with Crippen LogP contribution < -0.4 is 16.0 Å². The minimum absolute atomic E-state index is 0. The molecule has 1 aromatic carbocycles. The second-order valence-electron chi connectivity index (χ2n) is 4.90. The first-order chi connectivity index (χ1) is 9.08. The van der Waals surface area contributed by atoms with Crippen LogP contribution in [0.25, 0.3) is 0 Å². The highest BCUT2D eigenvalue weighted by Crippen LogP contribution is 2.20. The lowest BCUT2D eigenvalue weighted by molar-refractivity contribution is -0.123. The molecule has 0 unspecified atom stereocenters. The summed E-state index contributed by atoms with van der Waals surface area (Å²) in [6.07, 6.45) is 0.180. The number of carbonyl (C=O) groups is 2. The Morgan fingerprint density at radius 2 is 2.10 bits per heavy atom. The Kier molecular flexibility index (Phi) is 5.98. The number of amides is 2. The van der Waals surface area contributed by atoms with Crippen LogP contribution in [0.2, 0.25) is 0 Å². The molecule has 3 N–H and O–H groups in total. The van der Waals surface area contributed by atoms with Gasteiger partial charge < -0.3 is 16.0 Å². The number of carbonyl (C=O) groups excluding carboxylic acids is 2. The lowest BCUT2D eigenvalue weighted by Gasteiger charge is -2.32. The predicted molar refractivity (Wildman–Crippen MR) is 81.0 cm³/mol. The van der Waals surface area contributed by atoms with Crippen molar-refractivity contribution >= 4 is 29.9 Å². The quantitative estimate of drug-likeness (QED) is 0.846. The number of nitrogens with zero attached hydrogens (tertiary/aromatic N) is 1. The molecule has 0 saturated carbocycles. The summed E-state index contributed by atoms with van der Waals surface area (Å²) in [5.41, 5.74) is 7.10. The van der Waals surface area contributed by atoms with Crippen LogP contribution >= 0.6 is 12.4 Å². The van der Waals surface area contributed by atoms with Gasteiger partial charge in [0, 0.05) is 31.7 Å². The average Bonchev–Trinajstić information content (AvgIpc) is 2.26. The van der Waals surface area contributed by atoms with Gasteiger partial charge in [-0.1, -0.05) is 12.1 Å². The van der Waals surface area contributed by atoms with Crippen LogP contribution in [0.5, 0.6) is 0 Å². The van der Waals surface area contributed by atoms with Crippen molar-refractivity contribution in [3.8, 4) is 0 Å². The second kappa shape index (κ2) is 7.26. The molecule has 1 aromatic rings. The lowest BCUT2D eigenvalue weighted by Crippen LogP contribution is -2.52. The van der Waals surface area contributed by atoms with Gasteiger partial charge in [-0.25, -0.2) is 0 Å². The fourth-order valence-electron chi connectivity index (χ4n) is 2.07. The lowest BCUT2D eigenvalue weighted by atomic mass is 10.0. The monoisotopic (exact) mass is 297 g/mol. The zero-order valence-corrected chi connectivity index (χ0v) is 12.3. The first-order valence-corrected chi connectivity index (χ1v) is 6.45. The van der Waals surface area contributed by atoms with Crippen molar-refractivity contribution in [1.29, 1.82) is 0 Å². The van der Waals surface area contributed by atoms with Gasteiger partial charge in [0.1, 0.15) is 0 Å². The van der Waals surface area contributed by atoms with E-state index < -0.39 is 5.91 Å². The minimum atomic E-state index is -0.391. The molecule has 1 fully saturated rings. The fraction of sp³-hybridized carbons (Fsp3) is 0.429. The number of anilines is 1. The summed E-state index contributed by atoms with van der Waals surface area (Å²) in [6, 6.07) is 7.72. The van der Waals surface area contributed by atoms with Gasteiger partial charge >= 0.3 is 0 Å². The van der Waals surface area contributed by atoms with Gasteiger partial charge in [-0.3, -0.25) is 9.59 Å². The Morgan fingerprint density at radius 1 is 1.40 bits per heavy atom. The molecule has 0 aromatic heterocycles. The highest BCUT2D eigenvalue weighted by molar-refractivity contribution is 5.96. The van der Waals surface area contributed by atoms with Gasteiger partial charge in [0.15, 0.2) is 0 Å². The normalized spacial score (nSPS) is 14.1. The number of hydrogen-bond donors (Lipinski definition) is 2. The topological polar surface area (TPSA) is 75.4 Å². The molecule has 20 heavy (non-hydrogen) atoms. The highest BCUT2D eigenvalue weighted by Gasteiger charge is 2.30. The molecule has 110 valence electrons. The van der Waals surface area contributed by atoms with Crippen LogP contribution in [0.15, 0.2) is 24.3 Å². The Balaban J connectivity index is 0.00000200. The molecule has 1 heterocycles. The molecular weight excluding hydrogens is 278 g/mol. The third-order valence-corrected chi connectivity index (χ3v) is 3.29. The number of primary amides is 1. The van der Waals surface area contributed by atoms with Crippen molar-refractivity contribution < 1.29 is 9.59 Å². The molecule has 0 radical (unpaired) electrons. The summed E-state index contributed by atoms with van der Waals surface area (Å²) >= 11 is 0. The van der Waals surface area contributed by atoms with Crippen molar-refractivity contribution in [2.75, 3.05) is 24.5 Å². The maximum absolute atomic E-state index is 12.4. The molecule has 1 aliphatic rings. The van der Waals surface area contributed by atoms with Crippen LogP contribution in [-0.4, -0.2) is 31.4 Å². The van der Waals surface area contributed by atoms with E-state index >= 15 is 0 Å². The summed E-state index contributed by atoms with van der Waals surface area (Å²) in [7, 11) is 0. The number of hydrogen-bond acceptors (Lipinski definition) is 3. The molecule has 6 heteroatoms. The van der Waals surface area contributed by atoms with E-state index in [0.29, 0.717) is 19.6 Å². The van der Waals surface area contributed by atoms with Crippen molar-refractivity contribution in [2.24, 2.45) is 11.7 Å². The summed E-state index contributed by atoms with van der Waals surface area (Å²) in [4.78, 5) is 25.0. The molecule has 0 atom stereocenters. The van der Waals surface area contributed by atoms with Crippen LogP contribution in [0, 0.1) is 12.8 Å². The first-order valence-electron chi connectivity index (χ1n) is 6.45. The van der Waals surface area contributed by atoms with Gasteiger partial charge in [0.25, 0.3) is 0 Å². The third-order valence-electron chi connectivity index (χ3n) is 3.29. The maximum atomic E-state index is 12.4. The van der Waals surface area contributed by atoms with Crippen LogP contribution in [0.3, 0.4) is 0 Å². The average molecular weight is 298 g/mol. The van der Waals surface area contributed by atoms with E-state index in [2.05, 4.69) is 5.32 Å². The van der Waals surface area contributed by atoms with Crippen molar-refractivity contribution in [1.82, 2.24) is 5.32 Å². The number of aryl methyl sites for hydroxylation is 1. The Hall–Kier alpha value is -1.59. The fourth-order valence-corrected chi connectivity index (χ4v) is 2.07. The van der Waals surface area contributed by atoms with Crippen molar-refractivity contribution in [3.63, 3.8) is 0 Å². The number of nitrogens with two attached hydrogens (primary N) is 1. The molecule has 0 aliphatic carbocycles. The number of rotatable bonds is 5. The highest BCUT2D eigenvalue weighted by atomic mass is 35.5. The summed E-state index contributed by atoms with van der Waals surface area (Å²) in [6.45, 7) is 3.73. The molecule has 1 aliphatic heterocycles. The molecule has 5 nitrogen and oxygen atoms in total. The zero-order chi connectivity index (χ0) is 13.8. The van der Waals surface area contributed by atoms with Crippen LogP contribution in [0.1, 0.15) is 12.0 Å². The molecular formula is C14H20ClN3O2. The van der Waals surface area contributed by atoms with Crippen LogP contribution in [0.4, 0.5) is 5.69 Å². The smallest absolute Gasteiger partial charge is 0.232 e. The van der Waals surface area contributed by atoms with Crippen molar-refractivity contribution in [2.45, 2.75) is 13.3 Å². The van der Waals surface area contributed by atoms with Crippen LogP contribution in [-0.2, 0) is 9.59 Å². The van der Waals surface area contributed by atoms with E-state index in [4.69, 9.17) is 5.73 Å². The molecule has 0 bridgehead atoms. The molecule has 0 spiro atoms. The van der Waals surface area contributed by atoms with Gasteiger partial charge in [0.05, 0.1) is 5.92 Å². The molecule has 1 saturated heterocycles. The largest absolute Gasteiger partial charge is 0.370 e. The maximum Gasteiger partial charge on any atom is 0.232 e. The number of halogens is 1. The SMILES string of the molecule is Cc1cccc(N(CCC(N)=O)C(=O)C2CNC2)c1.Cl. The van der Waals surface area contributed by atoms with Crippen molar-refractivity contribution in [3.05, 3.63) is 29.8 Å². The van der Waals surface area contributed by atoms with E-state index in [1.807, 2.05) is 31.2 Å². The second-order valence-corrected chi connectivity index (χ2v) is 4.90. The van der Waals surface area contributed by atoms with Gasteiger partial charge in [0.2, 0.25) is 11.8 Å². The Bertz CT molecular complexity index is 489. The standard InChI is InChI=1S/C14H19N3O2.ClH/c1-10-3-2-4-12(7-10)17(6-5-13(15)18)14(19)11-8-16-9-11;/h2-4,7,11,16H,5-6,8-9H2,1H3,(H2,15,18);1H. The molecule has 2 rings (SSSR count).